The third kappa shape index (κ3) is 3.92. The van der Waals surface area contributed by atoms with E-state index in [2.05, 4.69) is 15.2 Å². The van der Waals surface area contributed by atoms with Crippen LogP contribution in [0.5, 0.6) is 0 Å². The van der Waals surface area contributed by atoms with Crippen molar-refractivity contribution in [3.63, 3.8) is 0 Å². The lowest BCUT2D eigenvalue weighted by Gasteiger charge is -2.12. The third-order valence-corrected chi connectivity index (χ3v) is 6.19. The van der Waals surface area contributed by atoms with E-state index in [1.54, 1.807) is 0 Å². The van der Waals surface area contributed by atoms with E-state index in [1.807, 2.05) is 63.5 Å². The van der Waals surface area contributed by atoms with Crippen LogP contribution in [0.4, 0.5) is 0 Å². The van der Waals surface area contributed by atoms with Crippen LogP contribution >= 0.6 is 11.8 Å². The standard InChI is InChI=1S/C22H26N4O2S/c1-7-26-21(17-11-9-8-10-12(17)2)24-25-22(26)29-16(6)20(28)19-13(3)18(15(5)27)14(4)23-19/h8-11,16,23H,7H2,1-6H3/t16-/m1/s1. The number of Topliss-reactive ketones (excluding diaryl/α,β-unsaturated/α-hetero) is 2. The van der Waals surface area contributed by atoms with Crippen molar-refractivity contribution in [2.75, 3.05) is 0 Å². The number of thioether (sulfide) groups is 1. The van der Waals surface area contributed by atoms with Crippen molar-refractivity contribution in [2.24, 2.45) is 0 Å². The molecule has 0 aliphatic rings. The molecule has 0 unspecified atom stereocenters. The zero-order chi connectivity index (χ0) is 21.3. The molecular formula is C22H26N4O2S. The van der Waals surface area contributed by atoms with E-state index in [0.717, 1.165) is 22.6 Å². The van der Waals surface area contributed by atoms with Crippen LogP contribution in [0.15, 0.2) is 29.4 Å². The largest absolute Gasteiger partial charge is 0.355 e. The van der Waals surface area contributed by atoms with Gasteiger partial charge in [-0.05, 0) is 52.7 Å². The van der Waals surface area contributed by atoms with Crippen LogP contribution in [0, 0.1) is 20.8 Å². The highest BCUT2D eigenvalue weighted by atomic mass is 32.2. The normalized spacial score (nSPS) is 12.2. The molecule has 0 saturated carbocycles. The number of carbonyl (C=O) groups excluding carboxylic acids is 2. The van der Waals surface area contributed by atoms with Crippen LogP contribution in [0.3, 0.4) is 0 Å². The van der Waals surface area contributed by atoms with Gasteiger partial charge in [-0.3, -0.25) is 9.59 Å². The second-order valence-corrected chi connectivity index (χ2v) is 8.48. The lowest BCUT2D eigenvalue weighted by Crippen LogP contribution is -2.16. The van der Waals surface area contributed by atoms with Gasteiger partial charge in [-0.15, -0.1) is 10.2 Å². The van der Waals surface area contributed by atoms with Crippen LogP contribution < -0.4 is 0 Å². The zero-order valence-electron chi connectivity index (χ0n) is 17.7. The summed E-state index contributed by atoms with van der Waals surface area (Å²) in [6.45, 7) is 11.8. The summed E-state index contributed by atoms with van der Waals surface area (Å²) in [7, 11) is 0. The fourth-order valence-corrected chi connectivity index (χ4v) is 4.60. The Labute approximate surface area is 175 Å². The van der Waals surface area contributed by atoms with Crippen molar-refractivity contribution in [1.82, 2.24) is 19.7 Å². The molecule has 29 heavy (non-hydrogen) atoms. The molecule has 2 heterocycles. The molecule has 1 aromatic carbocycles. The number of H-pyrrole nitrogens is 1. The highest BCUT2D eigenvalue weighted by molar-refractivity contribution is 8.00. The van der Waals surface area contributed by atoms with Crippen LogP contribution in [-0.2, 0) is 6.54 Å². The van der Waals surface area contributed by atoms with Gasteiger partial charge in [0.1, 0.15) is 0 Å². The Morgan fingerprint density at radius 3 is 2.45 bits per heavy atom. The SMILES string of the molecule is CCn1c(S[C@H](C)C(=O)c2[nH]c(C)c(C(C)=O)c2C)nnc1-c1ccccc1C. The minimum Gasteiger partial charge on any atom is -0.355 e. The Morgan fingerprint density at radius 2 is 1.86 bits per heavy atom. The number of nitrogens with one attached hydrogen (secondary N) is 1. The molecule has 0 fully saturated rings. The van der Waals surface area contributed by atoms with E-state index in [-0.39, 0.29) is 16.8 Å². The summed E-state index contributed by atoms with van der Waals surface area (Å²) >= 11 is 1.39. The molecule has 7 heteroatoms. The molecule has 3 aromatic rings. The Hall–Kier alpha value is -2.67. The molecule has 1 N–H and O–H groups in total. The van der Waals surface area contributed by atoms with Crippen molar-refractivity contribution < 1.29 is 9.59 Å². The summed E-state index contributed by atoms with van der Waals surface area (Å²) in [5, 5.41) is 9.08. The molecular weight excluding hydrogens is 384 g/mol. The van der Waals surface area contributed by atoms with Crippen molar-refractivity contribution >= 4 is 23.3 Å². The molecule has 6 nitrogen and oxygen atoms in total. The molecule has 3 rings (SSSR count). The Kier molecular flexibility index (Phi) is 6.07. The van der Waals surface area contributed by atoms with Gasteiger partial charge in [-0.2, -0.15) is 0 Å². The maximum Gasteiger partial charge on any atom is 0.192 e. The van der Waals surface area contributed by atoms with Gasteiger partial charge in [0.25, 0.3) is 0 Å². The van der Waals surface area contributed by atoms with E-state index in [0.29, 0.717) is 28.5 Å². The zero-order valence-corrected chi connectivity index (χ0v) is 18.5. The monoisotopic (exact) mass is 410 g/mol. The number of aromatic amines is 1. The van der Waals surface area contributed by atoms with Gasteiger partial charge in [0.05, 0.1) is 10.9 Å². The van der Waals surface area contributed by atoms with Crippen molar-refractivity contribution in [3.05, 3.63) is 52.3 Å². The topological polar surface area (TPSA) is 80.6 Å². The average Bonchev–Trinajstić information content (AvgIpc) is 3.21. The smallest absolute Gasteiger partial charge is 0.192 e. The number of rotatable bonds is 7. The third-order valence-electron chi connectivity index (χ3n) is 5.11. The van der Waals surface area contributed by atoms with E-state index >= 15 is 0 Å². The number of hydrogen-bond acceptors (Lipinski definition) is 5. The first-order valence-corrected chi connectivity index (χ1v) is 10.5. The Morgan fingerprint density at radius 1 is 1.17 bits per heavy atom. The van der Waals surface area contributed by atoms with Gasteiger partial charge in [0.15, 0.2) is 22.5 Å². The molecule has 0 bridgehead atoms. The molecule has 0 saturated heterocycles. The van der Waals surface area contributed by atoms with Crippen molar-refractivity contribution in [2.45, 2.75) is 58.5 Å². The number of carbonyl (C=O) groups is 2. The highest BCUT2D eigenvalue weighted by Gasteiger charge is 2.26. The van der Waals surface area contributed by atoms with Gasteiger partial charge in [0.2, 0.25) is 0 Å². The minimum absolute atomic E-state index is 0.0378. The van der Waals surface area contributed by atoms with Crippen molar-refractivity contribution in [3.8, 4) is 11.4 Å². The van der Waals surface area contributed by atoms with E-state index in [4.69, 9.17) is 0 Å². The van der Waals surface area contributed by atoms with Gasteiger partial charge in [0, 0.05) is 23.4 Å². The fourth-order valence-electron chi connectivity index (χ4n) is 3.62. The number of aryl methyl sites for hydroxylation is 2. The van der Waals surface area contributed by atoms with Crippen LogP contribution in [0.25, 0.3) is 11.4 Å². The first kappa shape index (κ1) is 21.0. The van der Waals surface area contributed by atoms with Gasteiger partial charge in [-0.25, -0.2) is 0 Å². The average molecular weight is 411 g/mol. The molecule has 2 aromatic heterocycles. The Bertz CT molecular complexity index is 1080. The number of aromatic nitrogens is 4. The summed E-state index contributed by atoms with van der Waals surface area (Å²) in [6.07, 6.45) is 0. The first-order chi connectivity index (χ1) is 13.8. The van der Waals surface area contributed by atoms with Gasteiger partial charge in [-0.1, -0.05) is 36.0 Å². The van der Waals surface area contributed by atoms with E-state index in [9.17, 15) is 9.59 Å². The lowest BCUT2D eigenvalue weighted by atomic mass is 10.0. The Balaban J connectivity index is 1.89. The molecule has 1 atom stereocenters. The second kappa shape index (κ2) is 8.37. The van der Waals surface area contributed by atoms with Gasteiger partial charge < -0.3 is 9.55 Å². The summed E-state index contributed by atoms with van der Waals surface area (Å²) < 4.78 is 2.03. The fraction of sp³-hybridized carbons (Fsp3) is 0.364. The van der Waals surface area contributed by atoms with Crippen molar-refractivity contribution in [1.29, 1.82) is 0 Å². The molecule has 0 aliphatic carbocycles. The van der Waals surface area contributed by atoms with Crippen LogP contribution in [0.1, 0.15) is 58.4 Å². The molecule has 0 aliphatic heterocycles. The lowest BCUT2D eigenvalue weighted by molar-refractivity contribution is 0.0988. The van der Waals surface area contributed by atoms with Crippen LogP contribution in [-0.4, -0.2) is 36.6 Å². The predicted molar refractivity (Wildman–Crippen MR) is 116 cm³/mol. The van der Waals surface area contributed by atoms with Gasteiger partial charge >= 0.3 is 0 Å². The highest BCUT2D eigenvalue weighted by Crippen LogP contribution is 2.30. The summed E-state index contributed by atoms with van der Waals surface area (Å²) in [5.74, 6) is 0.717. The number of ketones is 2. The first-order valence-electron chi connectivity index (χ1n) is 9.66. The number of hydrogen-bond donors (Lipinski definition) is 1. The summed E-state index contributed by atoms with van der Waals surface area (Å²) in [6, 6.07) is 8.06. The predicted octanol–water partition coefficient (Wildman–Crippen LogP) is 4.78. The number of nitrogens with zero attached hydrogens (tertiary/aromatic N) is 3. The van der Waals surface area contributed by atoms with E-state index in [1.165, 1.54) is 18.7 Å². The quantitative estimate of drug-likeness (QED) is 0.448. The van der Waals surface area contributed by atoms with Crippen LogP contribution in [0.2, 0.25) is 0 Å². The number of benzene rings is 1. The van der Waals surface area contributed by atoms with E-state index < -0.39 is 0 Å². The maximum atomic E-state index is 13.1. The molecule has 0 amide bonds. The second-order valence-electron chi connectivity index (χ2n) is 7.17. The summed E-state index contributed by atoms with van der Waals surface area (Å²) in [5.41, 5.74) is 4.71. The molecule has 0 radical (unpaired) electrons. The molecule has 152 valence electrons. The minimum atomic E-state index is -0.370. The maximum absolute atomic E-state index is 13.1. The molecule has 0 spiro atoms. The summed E-state index contributed by atoms with van der Waals surface area (Å²) in [4.78, 5) is 28.0.